The molecule has 2 aliphatic rings. The van der Waals surface area contributed by atoms with Crippen molar-refractivity contribution in [2.24, 2.45) is 11.7 Å². The molecule has 4 N–H and O–H groups in total. The molecule has 7 nitrogen and oxygen atoms in total. The number of nitrogens with two attached hydrogens (primary N) is 1. The third-order valence-electron chi connectivity index (χ3n) is 5.73. The molecule has 1 aromatic heterocycles. The van der Waals surface area contributed by atoms with Crippen molar-refractivity contribution in [3.63, 3.8) is 0 Å². The van der Waals surface area contributed by atoms with E-state index in [-0.39, 0.29) is 6.42 Å². The number of aliphatic hydroxyl groups excluding tert-OH is 2. The van der Waals surface area contributed by atoms with E-state index < -0.39 is 36.1 Å². The molecule has 2 heterocycles. The van der Waals surface area contributed by atoms with Crippen molar-refractivity contribution in [1.29, 1.82) is 0 Å². The predicted octanol–water partition coefficient (Wildman–Crippen LogP) is 1.33. The number of fused-ring (bicyclic) bond motifs is 1. The number of ether oxygens (including phenoxy) is 1. The first-order valence-electron chi connectivity index (χ1n) is 9.34. The highest BCUT2D eigenvalue weighted by Gasteiger charge is 2.56. The number of hydrogen-bond donors (Lipinski definition) is 3. The van der Waals surface area contributed by atoms with Crippen LogP contribution in [0.3, 0.4) is 0 Å². The number of benzene rings is 1. The summed E-state index contributed by atoms with van der Waals surface area (Å²) in [5, 5.41) is 23.8. The summed E-state index contributed by atoms with van der Waals surface area (Å²) in [6.45, 7) is 0.486. The molecule has 1 amide bonds. The van der Waals surface area contributed by atoms with Crippen LogP contribution in [0.4, 0.5) is 5.69 Å². The van der Waals surface area contributed by atoms with E-state index in [2.05, 4.69) is 0 Å². The van der Waals surface area contributed by atoms with Gasteiger partial charge in [0.2, 0.25) is 5.91 Å². The van der Waals surface area contributed by atoms with Crippen molar-refractivity contribution in [1.82, 2.24) is 4.90 Å². The second kappa shape index (κ2) is 7.91. The monoisotopic (exact) mass is 433 g/mol. The Balaban J connectivity index is 1.78. The Bertz CT molecular complexity index is 890. The fourth-order valence-corrected chi connectivity index (χ4v) is 5.47. The molecular formula is C20H23N3O4S2. The molecule has 0 radical (unpaired) electrons. The molecule has 1 aromatic carbocycles. The molecule has 5 atom stereocenters. The molecule has 154 valence electrons. The summed E-state index contributed by atoms with van der Waals surface area (Å²) in [4.78, 5) is 17.1. The summed E-state index contributed by atoms with van der Waals surface area (Å²) in [6.07, 6.45) is -1.99. The van der Waals surface area contributed by atoms with E-state index in [0.29, 0.717) is 17.4 Å². The second-order valence-electron chi connectivity index (χ2n) is 7.34. The van der Waals surface area contributed by atoms with Gasteiger partial charge in [0.15, 0.2) is 5.11 Å². The minimum absolute atomic E-state index is 0.0970. The van der Waals surface area contributed by atoms with Crippen molar-refractivity contribution in [3.05, 3.63) is 46.7 Å². The van der Waals surface area contributed by atoms with Crippen LogP contribution in [0.5, 0.6) is 5.75 Å². The lowest BCUT2D eigenvalue weighted by Crippen LogP contribution is -2.60. The Morgan fingerprint density at radius 3 is 2.59 bits per heavy atom. The fourth-order valence-electron chi connectivity index (χ4n) is 4.35. The van der Waals surface area contributed by atoms with Crippen LogP contribution in [-0.4, -0.2) is 57.5 Å². The summed E-state index contributed by atoms with van der Waals surface area (Å²) in [7, 11) is 1.59. The highest BCUT2D eigenvalue weighted by Crippen LogP contribution is 2.42. The van der Waals surface area contributed by atoms with Crippen molar-refractivity contribution in [2.45, 2.75) is 37.3 Å². The maximum Gasteiger partial charge on any atom is 0.222 e. The van der Waals surface area contributed by atoms with Crippen LogP contribution in [0.1, 0.15) is 11.3 Å². The zero-order valence-corrected chi connectivity index (χ0v) is 17.5. The van der Waals surface area contributed by atoms with Gasteiger partial charge in [0, 0.05) is 10.6 Å². The standard InChI is InChI=1S/C20H23N3O4S2/c1-27-12-6-4-11(5-7-12)23-16-14(19(21)26)9-15(24)18(25)17(16)22(20(23)28)10-13-3-2-8-29-13/h2-8,14-18,24-25H,9-10H2,1H3,(H2,21,26)/t14-,15-,16+,17-,18+/m1/s1. The third-order valence-corrected chi connectivity index (χ3v) is 7.03. The van der Waals surface area contributed by atoms with Crippen LogP contribution < -0.4 is 15.4 Å². The van der Waals surface area contributed by atoms with Gasteiger partial charge in [0.1, 0.15) is 11.9 Å². The van der Waals surface area contributed by atoms with Crippen molar-refractivity contribution in [3.8, 4) is 5.75 Å². The number of nitrogens with zero attached hydrogens (tertiary/aromatic N) is 2. The Kier molecular flexibility index (Phi) is 5.48. The smallest absolute Gasteiger partial charge is 0.222 e. The first-order valence-corrected chi connectivity index (χ1v) is 10.6. The van der Waals surface area contributed by atoms with Crippen LogP contribution in [0, 0.1) is 5.92 Å². The van der Waals surface area contributed by atoms with Crippen molar-refractivity contribution >= 4 is 40.3 Å². The number of hydrogen-bond acceptors (Lipinski definition) is 6. The van der Waals surface area contributed by atoms with Crippen LogP contribution in [0.25, 0.3) is 0 Å². The maximum atomic E-state index is 12.3. The number of primary amides is 1. The van der Waals surface area contributed by atoms with Gasteiger partial charge in [-0.2, -0.15) is 0 Å². The number of anilines is 1. The van der Waals surface area contributed by atoms with Gasteiger partial charge >= 0.3 is 0 Å². The van der Waals surface area contributed by atoms with Gasteiger partial charge in [-0.15, -0.1) is 11.3 Å². The zero-order chi connectivity index (χ0) is 20.7. The van der Waals surface area contributed by atoms with Crippen LogP contribution in [0.2, 0.25) is 0 Å². The van der Waals surface area contributed by atoms with Crippen LogP contribution in [-0.2, 0) is 11.3 Å². The number of aliphatic hydroxyl groups is 2. The number of methoxy groups -OCH3 is 1. The molecule has 2 aromatic rings. The second-order valence-corrected chi connectivity index (χ2v) is 8.74. The summed E-state index contributed by atoms with van der Waals surface area (Å²) in [6, 6.07) is 10.3. The van der Waals surface area contributed by atoms with E-state index in [1.54, 1.807) is 18.4 Å². The van der Waals surface area contributed by atoms with E-state index in [1.807, 2.05) is 51.6 Å². The molecule has 1 saturated carbocycles. The average Bonchev–Trinajstić information content (AvgIpc) is 3.32. The van der Waals surface area contributed by atoms with Crippen LogP contribution in [0.15, 0.2) is 41.8 Å². The predicted molar refractivity (Wildman–Crippen MR) is 115 cm³/mol. The quantitative estimate of drug-likeness (QED) is 0.612. The van der Waals surface area contributed by atoms with Gasteiger partial charge in [-0.3, -0.25) is 4.79 Å². The van der Waals surface area contributed by atoms with Gasteiger partial charge in [-0.05, 0) is 54.4 Å². The van der Waals surface area contributed by atoms with E-state index in [4.69, 9.17) is 22.7 Å². The molecule has 1 aliphatic carbocycles. The minimum atomic E-state index is -1.04. The normalized spacial score (nSPS) is 29.1. The van der Waals surface area contributed by atoms with Gasteiger partial charge in [0.25, 0.3) is 0 Å². The van der Waals surface area contributed by atoms with E-state index >= 15 is 0 Å². The average molecular weight is 434 g/mol. The van der Waals surface area contributed by atoms with Crippen molar-refractivity contribution < 1.29 is 19.7 Å². The first kappa shape index (κ1) is 20.1. The van der Waals surface area contributed by atoms with E-state index in [1.165, 1.54) is 0 Å². The molecule has 9 heteroatoms. The fraction of sp³-hybridized carbons (Fsp3) is 0.400. The number of rotatable bonds is 5. The SMILES string of the molecule is COc1ccc(N2C(=S)N(Cc3cccs3)[C@H]3[C@@H](O)[C@H](O)C[C@@H](C(N)=O)[C@@H]32)cc1. The highest BCUT2D eigenvalue weighted by atomic mass is 32.1. The molecule has 2 fully saturated rings. The minimum Gasteiger partial charge on any atom is -0.497 e. The Morgan fingerprint density at radius 2 is 2.00 bits per heavy atom. The Labute approximate surface area is 178 Å². The molecular weight excluding hydrogens is 410 g/mol. The number of carbonyl (C=O) groups is 1. The molecule has 1 saturated heterocycles. The highest BCUT2D eigenvalue weighted by molar-refractivity contribution is 7.80. The largest absolute Gasteiger partial charge is 0.497 e. The lowest BCUT2D eigenvalue weighted by atomic mass is 9.77. The first-order chi connectivity index (χ1) is 13.9. The lowest BCUT2D eigenvalue weighted by molar-refractivity contribution is -0.129. The number of thiophene rings is 1. The lowest BCUT2D eigenvalue weighted by Gasteiger charge is -2.42. The Morgan fingerprint density at radius 1 is 1.28 bits per heavy atom. The van der Waals surface area contributed by atoms with Gasteiger partial charge in [-0.25, -0.2) is 0 Å². The number of amides is 1. The maximum absolute atomic E-state index is 12.3. The number of thiocarbonyl (C=S) groups is 1. The van der Waals surface area contributed by atoms with Gasteiger partial charge < -0.3 is 30.5 Å². The molecule has 1 aliphatic heterocycles. The zero-order valence-electron chi connectivity index (χ0n) is 15.8. The molecule has 0 spiro atoms. The molecule has 0 unspecified atom stereocenters. The summed E-state index contributed by atoms with van der Waals surface area (Å²) < 4.78 is 5.24. The third kappa shape index (κ3) is 3.48. The van der Waals surface area contributed by atoms with Crippen molar-refractivity contribution in [2.75, 3.05) is 12.0 Å². The van der Waals surface area contributed by atoms with Gasteiger partial charge in [-0.1, -0.05) is 6.07 Å². The summed E-state index contributed by atoms with van der Waals surface area (Å²) in [5.41, 5.74) is 6.49. The summed E-state index contributed by atoms with van der Waals surface area (Å²) in [5.74, 6) is -0.451. The summed E-state index contributed by atoms with van der Waals surface area (Å²) >= 11 is 7.39. The topological polar surface area (TPSA) is 99.3 Å². The molecule has 0 bridgehead atoms. The Hall–Kier alpha value is -2.20. The molecule has 4 rings (SSSR count). The number of carbonyl (C=O) groups excluding carboxylic acids is 1. The molecule has 29 heavy (non-hydrogen) atoms. The van der Waals surface area contributed by atoms with E-state index in [0.717, 1.165) is 10.6 Å². The van der Waals surface area contributed by atoms with Crippen LogP contribution >= 0.6 is 23.6 Å². The van der Waals surface area contributed by atoms with E-state index in [9.17, 15) is 15.0 Å². The van der Waals surface area contributed by atoms with Gasteiger partial charge in [0.05, 0.1) is 37.8 Å².